The summed E-state index contributed by atoms with van der Waals surface area (Å²) in [4.78, 5) is 5.07. The molecule has 1 heterocycles. The fourth-order valence-corrected chi connectivity index (χ4v) is 2.47. The van der Waals surface area contributed by atoms with Crippen molar-refractivity contribution in [2.45, 2.75) is 17.9 Å². The molecule has 0 aliphatic rings. The van der Waals surface area contributed by atoms with E-state index in [9.17, 15) is 8.42 Å². The number of nitrogens with zero attached hydrogens (tertiary/aromatic N) is 1. The van der Waals surface area contributed by atoms with E-state index in [2.05, 4.69) is 9.71 Å². The second-order valence-corrected chi connectivity index (χ2v) is 5.89. The maximum atomic E-state index is 11.8. The topological polar surface area (TPSA) is 91.2 Å². The largest absolute Gasteiger partial charge is 0.363 e. The molecule has 0 spiro atoms. The van der Waals surface area contributed by atoms with Crippen molar-refractivity contribution in [1.29, 1.82) is 0 Å². The Kier molecular flexibility index (Phi) is 5.13. The standard InChI is InChI=1S/C10H20N4O2S/c1-14(2)5-3-4-13-17(15,16)10-6-9(7-11)12-8-10/h6,8,12-13H,3-5,7,11H2,1-2H3. The normalized spacial score (nSPS) is 12.2. The molecule has 0 radical (unpaired) electrons. The van der Waals surface area contributed by atoms with Crippen LogP contribution < -0.4 is 10.5 Å². The summed E-state index contributed by atoms with van der Waals surface area (Å²) < 4.78 is 26.2. The minimum atomic E-state index is -3.40. The highest BCUT2D eigenvalue weighted by molar-refractivity contribution is 7.89. The quantitative estimate of drug-likeness (QED) is 0.587. The number of rotatable bonds is 7. The zero-order valence-electron chi connectivity index (χ0n) is 10.2. The number of aromatic nitrogens is 1. The molecule has 0 amide bonds. The summed E-state index contributed by atoms with van der Waals surface area (Å²) >= 11 is 0. The van der Waals surface area contributed by atoms with Crippen LogP contribution in [0, 0.1) is 0 Å². The molecule has 0 unspecified atom stereocenters. The van der Waals surface area contributed by atoms with E-state index < -0.39 is 10.0 Å². The van der Waals surface area contributed by atoms with Gasteiger partial charge in [0.25, 0.3) is 0 Å². The molecule has 0 fully saturated rings. The molecule has 98 valence electrons. The molecular weight excluding hydrogens is 240 g/mol. The van der Waals surface area contributed by atoms with Crippen molar-refractivity contribution < 1.29 is 8.42 Å². The first-order valence-electron chi connectivity index (χ1n) is 5.47. The zero-order valence-corrected chi connectivity index (χ0v) is 11.0. The molecule has 6 nitrogen and oxygen atoms in total. The van der Waals surface area contributed by atoms with Crippen LogP contribution in [-0.2, 0) is 16.6 Å². The van der Waals surface area contributed by atoms with Crippen LogP contribution in [0.15, 0.2) is 17.2 Å². The lowest BCUT2D eigenvalue weighted by Gasteiger charge is -2.09. The van der Waals surface area contributed by atoms with Gasteiger partial charge in [-0.05, 0) is 33.1 Å². The Morgan fingerprint density at radius 3 is 2.71 bits per heavy atom. The highest BCUT2D eigenvalue weighted by Gasteiger charge is 2.14. The Morgan fingerprint density at radius 1 is 1.47 bits per heavy atom. The third kappa shape index (κ3) is 4.47. The highest BCUT2D eigenvalue weighted by Crippen LogP contribution is 2.09. The second-order valence-electron chi connectivity index (χ2n) is 4.12. The van der Waals surface area contributed by atoms with E-state index in [-0.39, 0.29) is 4.90 Å². The smallest absolute Gasteiger partial charge is 0.242 e. The molecular formula is C10H20N4O2S. The number of nitrogens with one attached hydrogen (secondary N) is 2. The third-order valence-corrected chi connectivity index (χ3v) is 3.76. The van der Waals surface area contributed by atoms with Crippen LogP contribution in [0.25, 0.3) is 0 Å². The number of hydrogen-bond acceptors (Lipinski definition) is 4. The van der Waals surface area contributed by atoms with Gasteiger partial charge in [-0.15, -0.1) is 0 Å². The number of H-pyrrole nitrogens is 1. The van der Waals surface area contributed by atoms with Crippen molar-refractivity contribution >= 4 is 10.0 Å². The van der Waals surface area contributed by atoms with Gasteiger partial charge in [0.2, 0.25) is 10.0 Å². The van der Waals surface area contributed by atoms with Crippen LogP contribution >= 0.6 is 0 Å². The Hall–Kier alpha value is -0.890. The number of nitrogens with two attached hydrogens (primary N) is 1. The van der Waals surface area contributed by atoms with Crippen LogP contribution in [-0.4, -0.2) is 45.5 Å². The van der Waals surface area contributed by atoms with Crippen LogP contribution in [0.1, 0.15) is 12.1 Å². The lowest BCUT2D eigenvalue weighted by molar-refractivity contribution is 0.400. The molecule has 0 aliphatic heterocycles. The molecule has 0 aromatic carbocycles. The molecule has 17 heavy (non-hydrogen) atoms. The summed E-state index contributed by atoms with van der Waals surface area (Å²) in [6, 6.07) is 1.55. The Balaban J connectivity index is 2.51. The van der Waals surface area contributed by atoms with Gasteiger partial charge < -0.3 is 15.6 Å². The third-order valence-electron chi connectivity index (χ3n) is 2.32. The number of aromatic amines is 1. The first-order valence-corrected chi connectivity index (χ1v) is 6.96. The molecule has 1 aromatic rings. The lowest BCUT2D eigenvalue weighted by Crippen LogP contribution is -2.27. The number of sulfonamides is 1. The zero-order chi connectivity index (χ0) is 12.9. The average Bonchev–Trinajstić information content (AvgIpc) is 2.73. The van der Waals surface area contributed by atoms with Gasteiger partial charge in [0.1, 0.15) is 0 Å². The first kappa shape index (κ1) is 14.2. The first-order chi connectivity index (χ1) is 7.95. The highest BCUT2D eigenvalue weighted by atomic mass is 32.2. The summed E-state index contributed by atoms with van der Waals surface area (Å²) in [7, 11) is 0.502. The summed E-state index contributed by atoms with van der Waals surface area (Å²) in [5.41, 5.74) is 6.12. The summed E-state index contributed by atoms with van der Waals surface area (Å²) in [5.74, 6) is 0. The fourth-order valence-electron chi connectivity index (χ4n) is 1.38. The van der Waals surface area contributed by atoms with E-state index in [1.54, 1.807) is 6.07 Å². The molecule has 7 heteroatoms. The minimum absolute atomic E-state index is 0.239. The summed E-state index contributed by atoms with van der Waals surface area (Å²) in [6.07, 6.45) is 2.23. The Morgan fingerprint density at radius 2 is 2.18 bits per heavy atom. The Labute approximate surface area is 102 Å². The van der Waals surface area contributed by atoms with Gasteiger partial charge in [0.05, 0.1) is 4.90 Å². The SMILES string of the molecule is CN(C)CCCNS(=O)(=O)c1c[nH]c(CN)c1. The molecule has 0 atom stereocenters. The molecule has 1 aromatic heterocycles. The van der Waals surface area contributed by atoms with E-state index in [1.807, 2.05) is 19.0 Å². The van der Waals surface area contributed by atoms with Crippen molar-refractivity contribution in [3.05, 3.63) is 18.0 Å². The van der Waals surface area contributed by atoms with Gasteiger partial charge in [-0.1, -0.05) is 0 Å². The fraction of sp³-hybridized carbons (Fsp3) is 0.600. The molecule has 1 rings (SSSR count). The van der Waals surface area contributed by atoms with Gasteiger partial charge in [0.15, 0.2) is 0 Å². The molecule has 0 bridgehead atoms. The van der Waals surface area contributed by atoms with Crippen LogP contribution in [0.5, 0.6) is 0 Å². The van der Waals surface area contributed by atoms with E-state index in [1.165, 1.54) is 6.20 Å². The van der Waals surface area contributed by atoms with Gasteiger partial charge in [-0.3, -0.25) is 0 Å². The number of hydrogen-bond donors (Lipinski definition) is 3. The summed E-state index contributed by atoms with van der Waals surface area (Å²) in [6.45, 7) is 1.59. The maximum Gasteiger partial charge on any atom is 0.242 e. The predicted molar refractivity (Wildman–Crippen MR) is 67.0 cm³/mol. The van der Waals surface area contributed by atoms with Crippen LogP contribution in [0.3, 0.4) is 0 Å². The van der Waals surface area contributed by atoms with Crippen molar-refractivity contribution in [2.24, 2.45) is 5.73 Å². The van der Waals surface area contributed by atoms with Gasteiger partial charge in [-0.25, -0.2) is 13.1 Å². The van der Waals surface area contributed by atoms with Crippen molar-refractivity contribution in [2.75, 3.05) is 27.2 Å². The second kappa shape index (κ2) is 6.15. The summed E-state index contributed by atoms with van der Waals surface area (Å²) in [5, 5.41) is 0. The molecule has 4 N–H and O–H groups in total. The van der Waals surface area contributed by atoms with Crippen molar-refractivity contribution in [1.82, 2.24) is 14.6 Å². The van der Waals surface area contributed by atoms with Crippen molar-refractivity contribution in [3.8, 4) is 0 Å². The monoisotopic (exact) mass is 260 g/mol. The van der Waals surface area contributed by atoms with Crippen LogP contribution in [0.4, 0.5) is 0 Å². The van der Waals surface area contributed by atoms with Crippen LogP contribution in [0.2, 0.25) is 0 Å². The van der Waals surface area contributed by atoms with Crippen molar-refractivity contribution in [3.63, 3.8) is 0 Å². The molecule has 0 saturated carbocycles. The Bertz CT molecular complexity index is 439. The predicted octanol–water partition coefficient (Wildman–Crippen LogP) is -0.297. The molecule has 0 saturated heterocycles. The van der Waals surface area contributed by atoms with E-state index in [0.29, 0.717) is 18.8 Å². The minimum Gasteiger partial charge on any atom is -0.363 e. The molecule has 0 aliphatic carbocycles. The lowest BCUT2D eigenvalue weighted by atomic mass is 10.4. The van der Waals surface area contributed by atoms with Gasteiger partial charge in [-0.2, -0.15) is 0 Å². The van der Waals surface area contributed by atoms with Gasteiger partial charge in [0, 0.05) is 25.0 Å². The average molecular weight is 260 g/mol. The van der Waals surface area contributed by atoms with E-state index in [0.717, 1.165) is 13.0 Å². The van der Waals surface area contributed by atoms with E-state index in [4.69, 9.17) is 5.73 Å². The van der Waals surface area contributed by atoms with Gasteiger partial charge >= 0.3 is 0 Å². The maximum absolute atomic E-state index is 11.8. The van der Waals surface area contributed by atoms with E-state index >= 15 is 0 Å².